The lowest BCUT2D eigenvalue weighted by Gasteiger charge is -2.47. The van der Waals surface area contributed by atoms with Crippen LogP contribution in [0.3, 0.4) is 0 Å². The second kappa shape index (κ2) is 8.62. The molecule has 6 heteroatoms. The molecule has 1 aromatic carbocycles. The highest BCUT2D eigenvalue weighted by atomic mass is 35.5. The number of H-pyrrole nitrogens is 1. The molecule has 3 aliphatic rings. The molecule has 5 nitrogen and oxygen atoms in total. The molecular formula is C26H29ClN4O. The highest BCUT2D eigenvalue weighted by Crippen LogP contribution is 2.49. The second-order valence-corrected chi connectivity index (χ2v) is 9.66. The number of halogens is 1. The fraction of sp³-hybridized carbons (Fsp3) is 0.385. The van der Waals surface area contributed by atoms with Crippen LogP contribution in [-0.2, 0) is 11.2 Å². The topological polar surface area (TPSA) is 61.0 Å². The summed E-state index contributed by atoms with van der Waals surface area (Å²) in [6.45, 7) is 3.91. The number of hydrogen-bond acceptors (Lipinski definition) is 3. The first-order valence-corrected chi connectivity index (χ1v) is 11.8. The molecule has 5 rings (SSSR count). The van der Waals surface area contributed by atoms with Crippen LogP contribution in [0.25, 0.3) is 6.08 Å². The van der Waals surface area contributed by atoms with Crippen molar-refractivity contribution in [2.45, 2.75) is 44.1 Å². The largest absolute Gasteiger partial charge is 0.381 e. The number of aryl methyl sites for hydroxylation is 1. The lowest BCUT2D eigenvalue weighted by atomic mass is 9.66. The maximum atomic E-state index is 12.7. The highest BCUT2D eigenvalue weighted by Gasteiger charge is 2.45. The zero-order chi connectivity index (χ0) is 22.1. The molecule has 0 saturated carbocycles. The summed E-state index contributed by atoms with van der Waals surface area (Å²) < 4.78 is 0. The number of fused-ring (bicyclic) bond motifs is 2. The number of likely N-dealkylation sites (tertiary alicyclic amines) is 1. The third kappa shape index (κ3) is 3.90. The van der Waals surface area contributed by atoms with Crippen molar-refractivity contribution in [2.75, 3.05) is 13.1 Å². The number of carbonyl (C=O) groups excluding carboxylic acids is 1. The summed E-state index contributed by atoms with van der Waals surface area (Å²) >= 11 is 6.37. The number of rotatable bonds is 3. The van der Waals surface area contributed by atoms with E-state index in [1.807, 2.05) is 11.0 Å². The average Bonchev–Trinajstić information content (AvgIpc) is 3.28. The van der Waals surface area contributed by atoms with Gasteiger partial charge in [0.05, 0.1) is 23.8 Å². The van der Waals surface area contributed by atoms with Crippen molar-refractivity contribution in [3.63, 3.8) is 0 Å². The van der Waals surface area contributed by atoms with Crippen LogP contribution in [0.2, 0.25) is 5.02 Å². The van der Waals surface area contributed by atoms with Crippen molar-refractivity contribution in [1.82, 2.24) is 20.2 Å². The van der Waals surface area contributed by atoms with E-state index < -0.39 is 0 Å². The van der Waals surface area contributed by atoms with E-state index in [0.717, 1.165) is 49.5 Å². The molecule has 0 bridgehead atoms. The van der Waals surface area contributed by atoms with E-state index in [2.05, 4.69) is 52.7 Å². The van der Waals surface area contributed by atoms with E-state index in [1.165, 1.54) is 16.7 Å². The Morgan fingerprint density at radius 3 is 2.91 bits per heavy atom. The summed E-state index contributed by atoms with van der Waals surface area (Å²) in [6.07, 6.45) is 17.3. The lowest BCUT2D eigenvalue weighted by Crippen LogP contribution is -2.51. The van der Waals surface area contributed by atoms with E-state index in [-0.39, 0.29) is 11.4 Å². The van der Waals surface area contributed by atoms with Gasteiger partial charge in [-0.15, -0.1) is 0 Å². The molecule has 1 aromatic heterocycles. The maximum Gasteiger partial charge on any atom is 0.246 e. The van der Waals surface area contributed by atoms with Crippen molar-refractivity contribution >= 4 is 23.6 Å². The molecular weight excluding hydrogens is 420 g/mol. The zero-order valence-electron chi connectivity index (χ0n) is 18.4. The molecule has 2 aliphatic heterocycles. The van der Waals surface area contributed by atoms with Gasteiger partial charge in [0.15, 0.2) is 0 Å². The van der Waals surface area contributed by atoms with Crippen LogP contribution in [0.4, 0.5) is 0 Å². The highest BCUT2D eigenvalue weighted by molar-refractivity contribution is 6.30. The summed E-state index contributed by atoms with van der Waals surface area (Å²) in [5, 5.41) is 4.53. The van der Waals surface area contributed by atoms with E-state index in [9.17, 15) is 4.79 Å². The lowest BCUT2D eigenvalue weighted by molar-refractivity contribution is -0.127. The van der Waals surface area contributed by atoms with Crippen LogP contribution in [0.5, 0.6) is 0 Å². The summed E-state index contributed by atoms with van der Waals surface area (Å²) in [4.78, 5) is 21.7. The molecule has 2 aromatic rings. The van der Waals surface area contributed by atoms with Crippen LogP contribution in [-0.4, -0.2) is 39.4 Å². The minimum Gasteiger partial charge on any atom is -0.381 e. The number of hydrogen-bond donors (Lipinski definition) is 2. The molecule has 2 N–H and O–H groups in total. The Morgan fingerprint density at radius 2 is 2.12 bits per heavy atom. The Kier molecular flexibility index (Phi) is 5.68. The fourth-order valence-electron chi connectivity index (χ4n) is 5.76. The standard InChI is InChI=1S/C26H29ClN4O/c1-26-20(3-2-12-30-26)5-4-19-15-21(27)6-8-23(19)25(26)18-10-13-31(14-11-18)24(32)9-7-22-16-28-17-29-22/h2-3,6-9,12,15-18,25,30H,4-5,10-11,13-14H2,1H3,(H,28,29)/b9-7+. The normalized spacial score (nSPS) is 25.6. The van der Waals surface area contributed by atoms with E-state index >= 15 is 0 Å². The van der Waals surface area contributed by atoms with Crippen molar-refractivity contribution in [3.8, 4) is 0 Å². The molecule has 2 atom stereocenters. The number of aromatic nitrogens is 2. The Hall–Kier alpha value is -2.79. The fourth-order valence-corrected chi connectivity index (χ4v) is 5.96. The number of allylic oxidation sites excluding steroid dienone is 2. The Morgan fingerprint density at radius 1 is 1.28 bits per heavy atom. The minimum absolute atomic E-state index is 0.0663. The predicted octanol–water partition coefficient (Wildman–Crippen LogP) is 4.85. The molecule has 3 heterocycles. The van der Waals surface area contributed by atoms with Crippen LogP contribution in [0.15, 0.2) is 60.7 Å². The van der Waals surface area contributed by atoms with E-state index in [0.29, 0.717) is 11.8 Å². The summed E-state index contributed by atoms with van der Waals surface area (Å²) in [5.74, 6) is 0.893. The maximum absolute atomic E-state index is 12.7. The first-order valence-electron chi connectivity index (χ1n) is 11.4. The quantitative estimate of drug-likeness (QED) is 0.660. The van der Waals surface area contributed by atoms with Crippen LogP contribution < -0.4 is 5.32 Å². The Labute approximate surface area is 194 Å². The average molecular weight is 449 g/mol. The van der Waals surface area contributed by atoms with Gasteiger partial charge in [-0.3, -0.25) is 4.79 Å². The van der Waals surface area contributed by atoms with E-state index in [1.54, 1.807) is 24.7 Å². The van der Waals surface area contributed by atoms with Crippen molar-refractivity contribution in [3.05, 3.63) is 82.6 Å². The number of dihydropyridines is 1. The molecule has 1 saturated heterocycles. The minimum atomic E-state index is -0.120. The first kappa shape index (κ1) is 21.1. The molecule has 166 valence electrons. The number of piperidine rings is 1. The van der Waals surface area contributed by atoms with Crippen molar-refractivity contribution < 1.29 is 4.79 Å². The van der Waals surface area contributed by atoms with Crippen molar-refractivity contribution in [2.24, 2.45) is 5.92 Å². The SMILES string of the molecule is CC12NC=CC=C1CCc1cc(Cl)ccc1C2C1CCN(C(=O)/C=C/c2cnc[nH]2)CC1. The molecule has 0 spiro atoms. The molecule has 0 radical (unpaired) electrons. The molecule has 2 unspecified atom stereocenters. The zero-order valence-corrected chi connectivity index (χ0v) is 19.1. The van der Waals surface area contributed by atoms with Crippen LogP contribution in [0.1, 0.15) is 48.9 Å². The summed E-state index contributed by atoms with van der Waals surface area (Å²) in [6, 6.07) is 6.42. The van der Waals surface area contributed by atoms with Gasteiger partial charge in [-0.2, -0.15) is 0 Å². The van der Waals surface area contributed by atoms with Gasteiger partial charge in [0.2, 0.25) is 5.91 Å². The molecule has 1 fully saturated rings. The van der Waals surface area contributed by atoms with Gasteiger partial charge in [0, 0.05) is 30.1 Å². The van der Waals surface area contributed by atoms with Crippen LogP contribution in [0, 0.1) is 5.92 Å². The molecule has 1 aliphatic carbocycles. The number of nitrogens with zero attached hydrogens (tertiary/aromatic N) is 2. The number of aromatic amines is 1. The van der Waals surface area contributed by atoms with Gasteiger partial charge < -0.3 is 15.2 Å². The van der Waals surface area contributed by atoms with Gasteiger partial charge in [0.25, 0.3) is 0 Å². The Bertz CT molecular complexity index is 1080. The van der Waals surface area contributed by atoms with Crippen molar-refractivity contribution in [1.29, 1.82) is 0 Å². The predicted molar refractivity (Wildman–Crippen MR) is 128 cm³/mol. The number of imidazole rings is 1. The summed E-state index contributed by atoms with van der Waals surface area (Å²) in [5.41, 5.74) is 4.95. The number of nitrogens with one attached hydrogen (secondary N) is 2. The molecule has 32 heavy (non-hydrogen) atoms. The first-order chi connectivity index (χ1) is 15.5. The number of amides is 1. The Balaban J connectivity index is 1.38. The number of benzene rings is 1. The van der Waals surface area contributed by atoms with Crippen LogP contribution >= 0.6 is 11.6 Å². The van der Waals surface area contributed by atoms with Gasteiger partial charge in [-0.05, 0) is 85.7 Å². The summed E-state index contributed by atoms with van der Waals surface area (Å²) in [7, 11) is 0. The van der Waals surface area contributed by atoms with Gasteiger partial charge in [-0.25, -0.2) is 4.98 Å². The monoisotopic (exact) mass is 448 g/mol. The molecule has 1 amide bonds. The number of carbonyl (C=O) groups is 1. The third-order valence-electron chi connectivity index (χ3n) is 7.42. The van der Waals surface area contributed by atoms with E-state index in [4.69, 9.17) is 11.6 Å². The van der Waals surface area contributed by atoms with Gasteiger partial charge >= 0.3 is 0 Å². The second-order valence-electron chi connectivity index (χ2n) is 9.22. The van der Waals surface area contributed by atoms with Gasteiger partial charge in [0.1, 0.15) is 0 Å². The smallest absolute Gasteiger partial charge is 0.246 e. The van der Waals surface area contributed by atoms with Gasteiger partial charge in [-0.1, -0.05) is 23.7 Å². The third-order valence-corrected chi connectivity index (χ3v) is 7.65.